The van der Waals surface area contributed by atoms with E-state index in [1.807, 2.05) is 6.92 Å². The average molecular weight is 248 g/mol. The van der Waals surface area contributed by atoms with Gasteiger partial charge in [0.2, 0.25) is 0 Å². The quantitative estimate of drug-likeness (QED) is 0.855. The molecule has 4 nitrogen and oxygen atoms in total. The highest BCUT2D eigenvalue weighted by molar-refractivity contribution is 5.57. The summed E-state index contributed by atoms with van der Waals surface area (Å²) in [5, 5.41) is 9.33. The van der Waals surface area contributed by atoms with Crippen LogP contribution in [-0.2, 0) is 6.42 Å². The largest absolute Gasteiger partial charge is 0.508 e. The van der Waals surface area contributed by atoms with Gasteiger partial charge in [-0.05, 0) is 25.5 Å². The lowest BCUT2D eigenvalue weighted by atomic mass is 10.1. The normalized spacial score (nSPS) is 10.6. The lowest BCUT2D eigenvalue weighted by Crippen LogP contribution is -2.16. The van der Waals surface area contributed by atoms with Gasteiger partial charge in [-0.15, -0.1) is 0 Å². The van der Waals surface area contributed by atoms with Crippen molar-refractivity contribution in [2.45, 2.75) is 20.3 Å². The number of nitrogens with zero attached hydrogens (tertiary/aromatic N) is 1. The van der Waals surface area contributed by atoms with Gasteiger partial charge in [-0.1, -0.05) is 6.92 Å². The van der Waals surface area contributed by atoms with E-state index in [0.717, 1.165) is 6.07 Å². The molecule has 18 heavy (non-hydrogen) atoms. The first-order valence-corrected chi connectivity index (χ1v) is 5.61. The van der Waals surface area contributed by atoms with Crippen molar-refractivity contribution >= 4 is 0 Å². The average Bonchev–Trinajstić information content (AvgIpc) is 2.27. The second kappa shape index (κ2) is 4.60. The molecule has 0 amide bonds. The number of nitrogens with one attached hydrogen (secondary N) is 1. The van der Waals surface area contributed by atoms with Crippen LogP contribution in [0.5, 0.6) is 5.75 Å². The molecule has 1 aromatic heterocycles. The number of hydrogen-bond donors (Lipinski definition) is 2. The molecule has 2 rings (SSSR count). The topological polar surface area (TPSA) is 66.0 Å². The number of phenolic OH excluding ortho intramolecular Hbond substituents is 1. The van der Waals surface area contributed by atoms with Crippen LogP contribution in [0.4, 0.5) is 4.39 Å². The van der Waals surface area contributed by atoms with Gasteiger partial charge >= 0.3 is 0 Å². The van der Waals surface area contributed by atoms with Gasteiger partial charge in [0.15, 0.2) is 0 Å². The van der Waals surface area contributed by atoms with Crippen LogP contribution in [0.15, 0.2) is 23.0 Å². The van der Waals surface area contributed by atoms with Gasteiger partial charge in [-0.25, -0.2) is 9.37 Å². The third-order valence-electron chi connectivity index (χ3n) is 2.73. The van der Waals surface area contributed by atoms with Crippen molar-refractivity contribution < 1.29 is 9.50 Å². The first kappa shape index (κ1) is 12.3. The van der Waals surface area contributed by atoms with E-state index in [1.165, 1.54) is 12.1 Å². The third kappa shape index (κ3) is 2.25. The minimum Gasteiger partial charge on any atom is -0.508 e. The van der Waals surface area contributed by atoms with Crippen LogP contribution in [0.3, 0.4) is 0 Å². The molecule has 0 bridgehead atoms. The summed E-state index contributed by atoms with van der Waals surface area (Å²) in [6.07, 6.45) is 0.586. The molecule has 2 N–H and O–H groups in total. The zero-order chi connectivity index (χ0) is 13.3. The number of rotatable bonds is 2. The number of halogens is 1. The summed E-state index contributed by atoms with van der Waals surface area (Å²) in [6, 6.07) is 3.56. The maximum absolute atomic E-state index is 13.2. The number of aromatic amines is 1. The Morgan fingerprint density at radius 3 is 2.67 bits per heavy atom. The summed E-state index contributed by atoms with van der Waals surface area (Å²) in [7, 11) is 0. The van der Waals surface area contributed by atoms with E-state index < -0.39 is 5.82 Å². The van der Waals surface area contributed by atoms with Crippen LogP contribution in [-0.4, -0.2) is 15.1 Å². The minimum atomic E-state index is -0.579. The fraction of sp³-hybridized carbons (Fsp3) is 0.231. The number of H-pyrrole nitrogens is 1. The molecule has 0 aliphatic heterocycles. The Balaban J connectivity index is 2.61. The summed E-state index contributed by atoms with van der Waals surface area (Å²) in [5.41, 5.74) is 1.33. The summed E-state index contributed by atoms with van der Waals surface area (Å²) in [5.74, 6) is -0.528. The molecule has 0 atom stereocenters. The molecule has 1 aromatic carbocycles. The molecule has 0 saturated heterocycles. The first-order valence-electron chi connectivity index (χ1n) is 5.61. The monoisotopic (exact) mass is 248 g/mol. The Labute approximate surface area is 103 Å². The van der Waals surface area contributed by atoms with Gasteiger partial charge in [-0.3, -0.25) is 4.79 Å². The minimum absolute atomic E-state index is 0.204. The van der Waals surface area contributed by atoms with Crippen molar-refractivity contribution in [3.05, 3.63) is 45.6 Å². The smallest absolute Gasteiger partial charge is 0.254 e. The highest BCUT2D eigenvalue weighted by Crippen LogP contribution is 2.21. The molecule has 94 valence electrons. The van der Waals surface area contributed by atoms with Crippen molar-refractivity contribution in [2.75, 3.05) is 0 Å². The van der Waals surface area contributed by atoms with Crippen molar-refractivity contribution in [1.29, 1.82) is 0 Å². The molecule has 0 aliphatic carbocycles. The van der Waals surface area contributed by atoms with E-state index in [-0.39, 0.29) is 17.1 Å². The van der Waals surface area contributed by atoms with Crippen molar-refractivity contribution in [1.82, 2.24) is 9.97 Å². The van der Waals surface area contributed by atoms with E-state index in [0.29, 0.717) is 23.2 Å². The molecule has 0 spiro atoms. The maximum Gasteiger partial charge on any atom is 0.254 e. The molecular weight excluding hydrogens is 235 g/mol. The predicted octanol–water partition coefficient (Wildman–Crippen LogP) is 2.15. The Morgan fingerprint density at radius 2 is 2.11 bits per heavy atom. The van der Waals surface area contributed by atoms with E-state index in [2.05, 4.69) is 9.97 Å². The van der Waals surface area contributed by atoms with Crippen LogP contribution in [0.1, 0.15) is 18.2 Å². The second-order valence-electron chi connectivity index (χ2n) is 4.03. The molecule has 0 radical (unpaired) electrons. The van der Waals surface area contributed by atoms with Crippen molar-refractivity contribution in [3.63, 3.8) is 0 Å². The highest BCUT2D eigenvalue weighted by Gasteiger charge is 2.09. The molecular formula is C13H13FN2O2. The summed E-state index contributed by atoms with van der Waals surface area (Å²) in [4.78, 5) is 18.6. The zero-order valence-electron chi connectivity index (χ0n) is 10.1. The molecule has 1 heterocycles. The van der Waals surface area contributed by atoms with E-state index >= 15 is 0 Å². The molecule has 0 aliphatic rings. The van der Waals surface area contributed by atoms with Gasteiger partial charge in [-0.2, -0.15) is 0 Å². The highest BCUT2D eigenvalue weighted by atomic mass is 19.1. The number of benzene rings is 1. The summed E-state index contributed by atoms with van der Waals surface area (Å²) in [6.45, 7) is 3.60. The molecule has 0 fully saturated rings. The summed E-state index contributed by atoms with van der Waals surface area (Å²) >= 11 is 0. The molecule has 2 aromatic rings. The van der Waals surface area contributed by atoms with Crippen LogP contribution in [0, 0.1) is 12.7 Å². The first-order chi connectivity index (χ1) is 8.51. The van der Waals surface area contributed by atoms with Crippen LogP contribution >= 0.6 is 0 Å². The van der Waals surface area contributed by atoms with Gasteiger partial charge in [0.25, 0.3) is 5.56 Å². The molecule has 0 unspecified atom stereocenters. The molecule has 0 saturated carbocycles. The van der Waals surface area contributed by atoms with Gasteiger partial charge in [0.1, 0.15) is 17.4 Å². The number of hydrogen-bond acceptors (Lipinski definition) is 3. The Morgan fingerprint density at radius 1 is 1.39 bits per heavy atom. The number of aromatic nitrogens is 2. The van der Waals surface area contributed by atoms with E-state index in [9.17, 15) is 14.3 Å². The number of aromatic hydroxyl groups is 1. The number of aryl methyl sites for hydroxylation is 1. The predicted molar refractivity (Wildman–Crippen MR) is 66.0 cm³/mol. The van der Waals surface area contributed by atoms with E-state index in [4.69, 9.17) is 0 Å². The van der Waals surface area contributed by atoms with Gasteiger partial charge in [0, 0.05) is 22.9 Å². The van der Waals surface area contributed by atoms with Crippen molar-refractivity contribution in [3.8, 4) is 17.1 Å². The lowest BCUT2D eigenvalue weighted by Gasteiger charge is -2.06. The maximum atomic E-state index is 13.2. The zero-order valence-corrected chi connectivity index (χ0v) is 10.1. The SMILES string of the molecule is CCc1c(C)nc(-c2cc(O)cc(F)c2)[nH]c1=O. The van der Waals surface area contributed by atoms with Crippen LogP contribution in [0.2, 0.25) is 0 Å². The van der Waals surface area contributed by atoms with E-state index in [1.54, 1.807) is 6.92 Å². The Hall–Kier alpha value is -2.17. The van der Waals surface area contributed by atoms with Crippen LogP contribution < -0.4 is 5.56 Å². The Bertz CT molecular complexity index is 630. The molecule has 5 heteroatoms. The Kier molecular flexibility index (Phi) is 3.14. The standard InChI is InChI=1S/C13H13FN2O2/c1-3-11-7(2)15-12(16-13(11)18)8-4-9(14)6-10(17)5-8/h4-6,17H,3H2,1-2H3,(H,15,16,18). The van der Waals surface area contributed by atoms with Gasteiger partial charge in [0.05, 0.1) is 0 Å². The van der Waals surface area contributed by atoms with Crippen LogP contribution in [0.25, 0.3) is 11.4 Å². The summed E-state index contributed by atoms with van der Waals surface area (Å²) < 4.78 is 13.2. The fourth-order valence-electron chi connectivity index (χ4n) is 1.87. The fourth-order valence-corrected chi connectivity index (χ4v) is 1.87. The second-order valence-corrected chi connectivity index (χ2v) is 4.03. The third-order valence-corrected chi connectivity index (χ3v) is 2.73. The van der Waals surface area contributed by atoms with Gasteiger partial charge < -0.3 is 10.1 Å². The van der Waals surface area contributed by atoms with Crippen molar-refractivity contribution in [2.24, 2.45) is 0 Å². The number of phenols is 1. The lowest BCUT2D eigenvalue weighted by molar-refractivity contribution is 0.469.